The lowest BCUT2D eigenvalue weighted by molar-refractivity contribution is -0.129. The molecule has 6 N–H and O–H groups in total. The molecule has 2 fully saturated rings. The fourth-order valence-electron chi connectivity index (χ4n) is 4.94. The maximum Gasteiger partial charge on any atom is 0.273 e. The standard InChI is InChI=1S/C25H32N12O6/c1-13(38)26-7-3-2-4-17(22(39)32-20-11-28-36-34-20)31-24(41)19-8-15(30-23(40)18-10-27-35-33-18)12-37(19)25(42)16-9-29-43-21(16)14-5-6-14/h9-11,14-15,17,19H,2-8,12H2,1H3,(H,26,38)(H,30,40)(H,31,41)(H,27,33,35)(H2,28,32,34,36,39)/t15-,17+,19+/m1/s1. The Hall–Kier alpha value is -5.16. The second-order valence-corrected chi connectivity index (χ2v) is 10.5. The van der Waals surface area contributed by atoms with Gasteiger partial charge < -0.3 is 30.7 Å². The molecule has 18 nitrogen and oxygen atoms in total. The Bertz CT molecular complexity index is 1430. The number of nitrogens with one attached hydrogen (secondary N) is 6. The number of amides is 5. The minimum atomic E-state index is -1.02. The van der Waals surface area contributed by atoms with Crippen molar-refractivity contribution in [3.63, 3.8) is 0 Å². The van der Waals surface area contributed by atoms with Gasteiger partial charge in [-0.05, 0) is 38.5 Å². The van der Waals surface area contributed by atoms with Crippen molar-refractivity contribution in [2.45, 2.75) is 69.5 Å². The molecule has 1 aliphatic heterocycles. The van der Waals surface area contributed by atoms with Gasteiger partial charge in [-0.15, -0.1) is 5.10 Å². The van der Waals surface area contributed by atoms with E-state index in [0.717, 1.165) is 12.8 Å². The lowest BCUT2D eigenvalue weighted by Crippen LogP contribution is -2.52. The van der Waals surface area contributed by atoms with E-state index in [1.807, 2.05) is 0 Å². The summed E-state index contributed by atoms with van der Waals surface area (Å²) in [5.41, 5.74) is 0.326. The second kappa shape index (κ2) is 13.2. The van der Waals surface area contributed by atoms with Gasteiger partial charge >= 0.3 is 0 Å². The summed E-state index contributed by atoms with van der Waals surface area (Å²) in [7, 11) is 0. The minimum absolute atomic E-state index is 0.0301. The average Bonchev–Trinajstić information content (AvgIpc) is 3.49. The molecule has 1 aliphatic carbocycles. The van der Waals surface area contributed by atoms with Crippen LogP contribution in [-0.4, -0.2) is 102 Å². The molecule has 1 saturated heterocycles. The third kappa shape index (κ3) is 7.38. The number of unbranched alkanes of at least 4 members (excludes halogenated alkanes) is 1. The first-order valence-corrected chi connectivity index (χ1v) is 13.9. The van der Waals surface area contributed by atoms with Crippen molar-refractivity contribution in [2.75, 3.05) is 18.4 Å². The number of anilines is 1. The molecule has 0 unspecified atom stereocenters. The van der Waals surface area contributed by atoms with E-state index < -0.39 is 41.8 Å². The number of carbonyl (C=O) groups excluding carboxylic acids is 5. The number of likely N-dealkylation sites (tertiary alicyclic amines) is 1. The molecule has 0 spiro atoms. The first-order chi connectivity index (χ1) is 20.8. The summed E-state index contributed by atoms with van der Waals surface area (Å²) in [6.45, 7) is 1.86. The Morgan fingerprint density at radius 3 is 2.56 bits per heavy atom. The van der Waals surface area contributed by atoms with Gasteiger partial charge in [0.25, 0.3) is 11.8 Å². The third-order valence-electron chi connectivity index (χ3n) is 7.22. The largest absolute Gasteiger partial charge is 0.360 e. The number of carbonyl (C=O) groups is 5. The van der Waals surface area contributed by atoms with Crippen LogP contribution in [0, 0.1) is 0 Å². The summed E-state index contributed by atoms with van der Waals surface area (Å²) < 4.78 is 5.35. The lowest BCUT2D eigenvalue weighted by Gasteiger charge is -2.26. The molecule has 0 aromatic carbocycles. The zero-order valence-electron chi connectivity index (χ0n) is 23.3. The normalized spacial score (nSPS) is 18.6. The number of hydrogen-bond donors (Lipinski definition) is 6. The maximum atomic E-state index is 13.8. The summed E-state index contributed by atoms with van der Waals surface area (Å²) in [6.07, 6.45) is 7.10. The highest BCUT2D eigenvalue weighted by Gasteiger charge is 2.44. The van der Waals surface area contributed by atoms with Crippen LogP contribution in [0.5, 0.6) is 0 Å². The van der Waals surface area contributed by atoms with Crippen molar-refractivity contribution in [1.82, 2.24) is 56.8 Å². The highest BCUT2D eigenvalue weighted by atomic mass is 16.5. The SMILES string of the molecule is CC(=O)NCCCC[C@H](NC(=O)[C@@H]1C[C@@H](NC(=O)c2cn[nH]n2)CN1C(=O)c1cnoc1C1CC1)C(=O)Nc1cn[nH]n1. The van der Waals surface area contributed by atoms with E-state index in [4.69, 9.17) is 4.52 Å². The molecule has 43 heavy (non-hydrogen) atoms. The highest BCUT2D eigenvalue weighted by Crippen LogP contribution is 2.42. The van der Waals surface area contributed by atoms with Crippen LogP contribution in [0.4, 0.5) is 5.82 Å². The van der Waals surface area contributed by atoms with E-state index in [9.17, 15) is 24.0 Å². The number of H-pyrrole nitrogens is 2. The van der Waals surface area contributed by atoms with Gasteiger partial charge in [0.05, 0.1) is 18.6 Å². The van der Waals surface area contributed by atoms with Gasteiger partial charge in [0, 0.05) is 32.0 Å². The quantitative estimate of drug-likeness (QED) is 0.134. The number of aromatic nitrogens is 7. The van der Waals surface area contributed by atoms with E-state index in [2.05, 4.69) is 57.2 Å². The number of rotatable bonds is 13. The van der Waals surface area contributed by atoms with Crippen LogP contribution < -0.4 is 21.3 Å². The molecule has 1 saturated carbocycles. The van der Waals surface area contributed by atoms with Gasteiger partial charge in [-0.1, -0.05) is 5.16 Å². The van der Waals surface area contributed by atoms with Crippen LogP contribution in [0.25, 0.3) is 0 Å². The maximum absolute atomic E-state index is 13.8. The van der Waals surface area contributed by atoms with Crippen molar-refractivity contribution in [1.29, 1.82) is 0 Å². The Morgan fingerprint density at radius 1 is 1.07 bits per heavy atom. The summed E-state index contributed by atoms with van der Waals surface area (Å²) >= 11 is 0. The third-order valence-corrected chi connectivity index (χ3v) is 7.22. The Kier molecular flexibility index (Phi) is 9.02. The average molecular weight is 597 g/mol. The van der Waals surface area contributed by atoms with E-state index in [0.29, 0.717) is 25.1 Å². The van der Waals surface area contributed by atoms with Crippen molar-refractivity contribution >= 4 is 35.4 Å². The van der Waals surface area contributed by atoms with Crippen molar-refractivity contribution in [3.8, 4) is 0 Å². The van der Waals surface area contributed by atoms with Gasteiger partial charge in [-0.25, -0.2) is 0 Å². The van der Waals surface area contributed by atoms with E-state index in [1.165, 1.54) is 30.4 Å². The first-order valence-electron chi connectivity index (χ1n) is 13.9. The summed E-state index contributed by atoms with van der Waals surface area (Å²) in [5, 5.41) is 34.4. The van der Waals surface area contributed by atoms with Crippen molar-refractivity contribution < 1.29 is 28.5 Å². The van der Waals surface area contributed by atoms with E-state index in [1.54, 1.807) is 0 Å². The second-order valence-electron chi connectivity index (χ2n) is 10.5. The Morgan fingerprint density at radius 2 is 1.86 bits per heavy atom. The molecule has 228 valence electrons. The number of aromatic amines is 2. The molecular formula is C25H32N12O6. The van der Waals surface area contributed by atoms with Gasteiger partial charge in [0.15, 0.2) is 17.3 Å². The van der Waals surface area contributed by atoms with Gasteiger partial charge in [-0.2, -0.15) is 25.7 Å². The molecular weight excluding hydrogens is 564 g/mol. The molecule has 0 radical (unpaired) electrons. The highest BCUT2D eigenvalue weighted by molar-refractivity contribution is 6.01. The zero-order chi connectivity index (χ0) is 30.3. The molecule has 3 atom stereocenters. The first kappa shape index (κ1) is 29.3. The molecule has 4 heterocycles. The van der Waals surface area contributed by atoms with Crippen LogP contribution in [0.1, 0.15) is 78.0 Å². The van der Waals surface area contributed by atoms with Crippen LogP contribution in [-0.2, 0) is 14.4 Å². The van der Waals surface area contributed by atoms with Crippen LogP contribution in [0.3, 0.4) is 0 Å². The molecule has 18 heteroatoms. The fourth-order valence-corrected chi connectivity index (χ4v) is 4.94. The Balaban J connectivity index is 1.31. The smallest absolute Gasteiger partial charge is 0.273 e. The van der Waals surface area contributed by atoms with Crippen molar-refractivity contribution in [2.24, 2.45) is 0 Å². The fraction of sp³-hybridized carbons (Fsp3) is 0.520. The topological polar surface area (TPSA) is 246 Å². The number of hydrogen-bond acceptors (Lipinski definition) is 11. The predicted octanol–water partition coefficient (Wildman–Crippen LogP) is -0.769. The minimum Gasteiger partial charge on any atom is -0.360 e. The lowest BCUT2D eigenvalue weighted by atomic mass is 10.1. The van der Waals surface area contributed by atoms with Crippen LogP contribution in [0.15, 0.2) is 23.1 Å². The number of nitrogens with zero attached hydrogens (tertiary/aromatic N) is 6. The summed E-state index contributed by atoms with van der Waals surface area (Å²) in [5.74, 6) is -1.48. The monoisotopic (exact) mass is 596 g/mol. The van der Waals surface area contributed by atoms with Gasteiger partial charge in [-0.3, -0.25) is 24.0 Å². The molecule has 3 aromatic rings. The van der Waals surface area contributed by atoms with Gasteiger partial charge in [0.2, 0.25) is 17.7 Å². The van der Waals surface area contributed by atoms with Gasteiger partial charge in [0.1, 0.15) is 17.6 Å². The van der Waals surface area contributed by atoms with Crippen LogP contribution >= 0.6 is 0 Å². The predicted molar refractivity (Wildman–Crippen MR) is 145 cm³/mol. The van der Waals surface area contributed by atoms with Crippen LogP contribution in [0.2, 0.25) is 0 Å². The van der Waals surface area contributed by atoms with E-state index >= 15 is 0 Å². The molecule has 2 aliphatic rings. The van der Waals surface area contributed by atoms with E-state index in [-0.39, 0.29) is 48.3 Å². The summed E-state index contributed by atoms with van der Waals surface area (Å²) in [6, 6.07) is -2.59. The Labute approximate surface area is 244 Å². The zero-order valence-corrected chi connectivity index (χ0v) is 23.3. The molecule has 3 aromatic heterocycles. The molecule has 5 amide bonds. The molecule has 5 rings (SSSR count). The summed E-state index contributed by atoms with van der Waals surface area (Å²) in [4.78, 5) is 65.9. The van der Waals surface area contributed by atoms with Crippen molar-refractivity contribution in [3.05, 3.63) is 35.6 Å². The molecule has 0 bridgehead atoms.